The number of nitrogens with zero attached hydrogens (tertiary/aromatic N) is 5. The topological polar surface area (TPSA) is 78.9 Å². The number of hydrogen-bond donors (Lipinski definition) is 0. The van der Waals surface area contributed by atoms with Gasteiger partial charge >= 0.3 is 0 Å². The Hall–Kier alpha value is -3.43. The fraction of sp³-hybridized carbons (Fsp3) is 0.200. The van der Waals surface area contributed by atoms with Crippen molar-refractivity contribution in [1.82, 2.24) is 25.0 Å². The van der Waals surface area contributed by atoms with Crippen LogP contribution in [0.15, 0.2) is 81.7 Å². The zero-order valence-electron chi connectivity index (χ0n) is 18.8. The van der Waals surface area contributed by atoms with Crippen molar-refractivity contribution < 1.29 is 9.15 Å². The van der Waals surface area contributed by atoms with Gasteiger partial charge in [0.2, 0.25) is 5.89 Å². The van der Waals surface area contributed by atoms with Crippen LogP contribution in [0.3, 0.4) is 0 Å². The molecule has 3 heterocycles. The smallest absolute Gasteiger partial charge is 0.257 e. The number of rotatable bonds is 9. The minimum absolute atomic E-state index is 0.101. The van der Waals surface area contributed by atoms with Crippen molar-refractivity contribution in [2.75, 3.05) is 6.61 Å². The van der Waals surface area contributed by atoms with E-state index in [2.05, 4.69) is 37.1 Å². The van der Waals surface area contributed by atoms with Crippen LogP contribution in [0.1, 0.15) is 36.4 Å². The summed E-state index contributed by atoms with van der Waals surface area (Å²) in [7, 11) is 0. The molecule has 0 aliphatic heterocycles. The number of ether oxygens (including phenoxy) is 1. The fourth-order valence-corrected chi connectivity index (χ4v) is 5.05. The van der Waals surface area contributed by atoms with E-state index in [9.17, 15) is 0 Å². The lowest BCUT2D eigenvalue weighted by Crippen LogP contribution is -2.05. The predicted molar refractivity (Wildman–Crippen MR) is 134 cm³/mol. The molecule has 0 fully saturated rings. The molecule has 172 valence electrons. The quantitative estimate of drug-likeness (QED) is 0.227. The number of aromatic nitrogens is 5. The molecular formula is C25H23N5O2S2. The molecule has 0 saturated heterocycles. The Bertz CT molecular complexity index is 1330. The van der Waals surface area contributed by atoms with E-state index in [1.807, 2.05) is 73.8 Å². The molecule has 5 rings (SSSR count). The third-order valence-corrected chi connectivity index (χ3v) is 7.00. The van der Waals surface area contributed by atoms with Crippen molar-refractivity contribution in [3.05, 3.63) is 89.4 Å². The summed E-state index contributed by atoms with van der Waals surface area (Å²) < 4.78 is 13.6. The number of hydrogen-bond acceptors (Lipinski definition) is 8. The van der Waals surface area contributed by atoms with Gasteiger partial charge in [0.25, 0.3) is 5.89 Å². The maximum Gasteiger partial charge on any atom is 0.257 e. The van der Waals surface area contributed by atoms with Crippen LogP contribution in [0.4, 0.5) is 0 Å². The van der Waals surface area contributed by atoms with E-state index in [1.165, 1.54) is 17.3 Å². The molecule has 9 heteroatoms. The summed E-state index contributed by atoms with van der Waals surface area (Å²) in [5.74, 6) is 2.78. The second-order valence-electron chi connectivity index (χ2n) is 7.51. The van der Waals surface area contributed by atoms with Gasteiger partial charge in [-0.3, -0.25) is 4.57 Å². The summed E-state index contributed by atoms with van der Waals surface area (Å²) in [4.78, 5) is 0.957. The highest BCUT2D eigenvalue weighted by molar-refractivity contribution is 7.99. The first-order valence-corrected chi connectivity index (χ1v) is 12.7. The van der Waals surface area contributed by atoms with Crippen LogP contribution in [0.2, 0.25) is 0 Å². The Labute approximate surface area is 205 Å². The highest BCUT2D eigenvalue weighted by atomic mass is 32.2. The van der Waals surface area contributed by atoms with E-state index in [-0.39, 0.29) is 5.25 Å². The van der Waals surface area contributed by atoms with E-state index in [1.54, 1.807) is 11.3 Å². The minimum Gasteiger partial charge on any atom is -0.494 e. The van der Waals surface area contributed by atoms with Gasteiger partial charge in [0.15, 0.2) is 5.16 Å². The molecule has 0 amide bonds. The molecule has 0 bridgehead atoms. The predicted octanol–water partition coefficient (Wildman–Crippen LogP) is 6.22. The van der Waals surface area contributed by atoms with Gasteiger partial charge in [0.1, 0.15) is 11.6 Å². The summed E-state index contributed by atoms with van der Waals surface area (Å²) >= 11 is 3.11. The van der Waals surface area contributed by atoms with Gasteiger partial charge in [-0.25, -0.2) is 0 Å². The Morgan fingerprint density at radius 2 is 1.79 bits per heavy atom. The summed E-state index contributed by atoms with van der Waals surface area (Å²) in [6.45, 7) is 4.63. The largest absolute Gasteiger partial charge is 0.494 e. The molecule has 2 aromatic carbocycles. The second-order valence-corrected chi connectivity index (χ2v) is 9.76. The average Bonchev–Trinajstić information content (AvgIpc) is 3.62. The summed E-state index contributed by atoms with van der Waals surface area (Å²) in [6, 6.07) is 22.2. The third kappa shape index (κ3) is 4.90. The molecule has 0 saturated carbocycles. The molecule has 0 radical (unpaired) electrons. The SMILES string of the molecule is CCOc1ccc(-n2c(Cc3ccccc3)nnc2SC(C)c2nnc(-c3cccs3)o2)cc1. The van der Waals surface area contributed by atoms with Crippen molar-refractivity contribution in [1.29, 1.82) is 0 Å². The Morgan fingerprint density at radius 3 is 2.53 bits per heavy atom. The molecule has 34 heavy (non-hydrogen) atoms. The van der Waals surface area contributed by atoms with Crippen LogP contribution in [-0.2, 0) is 6.42 Å². The van der Waals surface area contributed by atoms with Gasteiger partial charge in [-0.05, 0) is 55.1 Å². The summed E-state index contributed by atoms with van der Waals surface area (Å²) in [6.07, 6.45) is 0.666. The maximum atomic E-state index is 5.95. The van der Waals surface area contributed by atoms with Crippen molar-refractivity contribution in [3.63, 3.8) is 0 Å². The Kier molecular flexibility index (Phi) is 6.73. The number of thiophene rings is 1. The maximum absolute atomic E-state index is 5.95. The van der Waals surface area contributed by atoms with Crippen LogP contribution >= 0.6 is 23.1 Å². The molecule has 3 aromatic heterocycles. The van der Waals surface area contributed by atoms with E-state index < -0.39 is 0 Å². The van der Waals surface area contributed by atoms with Crippen LogP contribution in [0, 0.1) is 0 Å². The van der Waals surface area contributed by atoms with Gasteiger partial charge in [-0.2, -0.15) is 0 Å². The lowest BCUT2D eigenvalue weighted by atomic mass is 10.1. The molecule has 0 aliphatic carbocycles. The van der Waals surface area contributed by atoms with Crippen LogP contribution in [0.5, 0.6) is 5.75 Å². The molecular weight excluding hydrogens is 466 g/mol. The summed E-state index contributed by atoms with van der Waals surface area (Å²) in [5.41, 5.74) is 2.14. The van der Waals surface area contributed by atoms with E-state index >= 15 is 0 Å². The Morgan fingerprint density at radius 1 is 0.971 bits per heavy atom. The lowest BCUT2D eigenvalue weighted by Gasteiger charge is -2.13. The lowest BCUT2D eigenvalue weighted by molar-refractivity contribution is 0.340. The normalized spacial score (nSPS) is 12.1. The zero-order valence-corrected chi connectivity index (χ0v) is 20.4. The van der Waals surface area contributed by atoms with Gasteiger partial charge in [-0.15, -0.1) is 31.7 Å². The van der Waals surface area contributed by atoms with Crippen molar-refractivity contribution in [3.8, 4) is 22.2 Å². The van der Waals surface area contributed by atoms with Gasteiger partial charge in [0.05, 0.1) is 16.7 Å². The van der Waals surface area contributed by atoms with E-state index in [0.717, 1.165) is 27.3 Å². The monoisotopic (exact) mass is 489 g/mol. The van der Waals surface area contributed by atoms with Crippen molar-refractivity contribution >= 4 is 23.1 Å². The highest BCUT2D eigenvalue weighted by Crippen LogP contribution is 2.36. The first-order valence-electron chi connectivity index (χ1n) is 11.0. The second kappa shape index (κ2) is 10.2. The molecule has 0 spiro atoms. The molecule has 1 atom stereocenters. The standard InChI is InChI=1S/C25H23N5O2S2/c1-3-31-20-13-11-19(12-14-20)30-22(16-18-8-5-4-6-9-18)26-29-25(30)34-17(2)23-27-28-24(32-23)21-10-7-15-33-21/h4-15,17H,3,16H2,1-2H3. The van der Waals surface area contributed by atoms with Crippen molar-refractivity contribution in [2.45, 2.75) is 30.7 Å². The fourth-order valence-electron chi connectivity index (χ4n) is 3.49. The summed E-state index contributed by atoms with van der Waals surface area (Å²) in [5, 5.41) is 20.2. The molecule has 0 N–H and O–H groups in total. The van der Waals surface area contributed by atoms with Gasteiger partial charge in [0, 0.05) is 12.1 Å². The molecule has 1 unspecified atom stereocenters. The number of thioether (sulfide) groups is 1. The third-order valence-electron chi connectivity index (χ3n) is 5.11. The van der Waals surface area contributed by atoms with Gasteiger partial charge < -0.3 is 9.15 Å². The average molecular weight is 490 g/mol. The number of benzene rings is 2. The van der Waals surface area contributed by atoms with E-state index in [0.29, 0.717) is 24.8 Å². The molecule has 7 nitrogen and oxygen atoms in total. The van der Waals surface area contributed by atoms with Crippen molar-refractivity contribution in [2.24, 2.45) is 0 Å². The minimum atomic E-state index is -0.101. The first kappa shape index (κ1) is 22.4. The van der Waals surface area contributed by atoms with Crippen LogP contribution < -0.4 is 4.74 Å². The molecule has 5 aromatic rings. The molecule has 0 aliphatic rings. The van der Waals surface area contributed by atoms with Crippen LogP contribution in [0.25, 0.3) is 16.5 Å². The van der Waals surface area contributed by atoms with E-state index in [4.69, 9.17) is 9.15 Å². The van der Waals surface area contributed by atoms with Gasteiger partial charge in [-0.1, -0.05) is 48.2 Å². The first-order chi connectivity index (χ1) is 16.7. The Balaban J connectivity index is 1.45. The zero-order chi connectivity index (χ0) is 23.3. The highest BCUT2D eigenvalue weighted by Gasteiger charge is 2.22. The van der Waals surface area contributed by atoms with Crippen LogP contribution in [-0.4, -0.2) is 31.6 Å².